The highest BCUT2D eigenvalue weighted by atomic mass is 32.2. The summed E-state index contributed by atoms with van der Waals surface area (Å²) in [6, 6.07) is 8.80. The molecule has 3 aromatic rings. The lowest BCUT2D eigenvalue weighted by Crippen LogP contribution is -2.21. The minimum atomic E-state index is -3.66. The normalized spacial score (nSPS) is 12.7. The number of sulfone groups is 1. The Balaban J connectivity index is 1.86. The van der Waals surface area contributed by atoms with Crippen LogP contribution in [-0.2, 0) is 31.2 Å². The monoisotopic (exact) mass is 538 g/mol. The van der Waals surface area contributed by atoms with Crippen molar-refractivity contribution in [2.75, 3.05) is 23.9 Å². The molecule has 1 aromatic carbocycles. The number of hydrogen-bond donors (Lipinski definition) is 1. The molecular weight excluding hydrogens is 512 g/mol. The van der Waals surface area contributed by atoms with Crippen LogP contribution in [0, 0.1) is 0 Å². The molecule has 2 aromatic heterocycles. The minimum Gasteiger partial charge on any atom is -0.488 e. The van der Waals surface area contributed by atoms with Gasteiger partial charge in [-0.15, -0.1) is 0 Å². The molecule has 0 unspecified atom stereocenters. The van der Waals surface area contributed by atoms with Crippen LogP contribution in [0.1, 0.15) is 24.2 Å². The Hall–Kier alpha value is -3.49. The summed E-state index contributed by atoms with van der Waals surface area (Å²) in [5, 5.41) is 6.69. The van der Waals surface area contributed by atoms with Crippen molar-refractivity contribution in [1.29, 1.82) is 0 Å². The highest BCUT2D eigenvalue weighted by molar-refractivity contribution is 7.91. The van der Waals surface area contributed by atoms with Crippen molar-refractivity contribution in [3.8, 4) is 17.2 Å². The average molecular weight is 539 g/mol. The number of hydrogen-bond acceptors (Lipinski definition) is 10. The Morgan fingerprint density at radius 1 is 1.08 bits per heavy atom. The second-order valence-electron chi connectivity index (χ2n) is 7.78. The van der Waals surface area contributed by atoms with Crippen LogP contribution in [-0.4, -0.2) is 62.2 Å². The fraction of sp³-hybridized carbons (Fsp3) is 0.318. The third kappa shape index (κ3) is 7.76. The third-order valence-corrected chi connectivity index (χ3v) is 6.80. The van der Waals surface area contributed by atoms with E-state index in [1.54, 1.807) is 26.2 Å². The highest BCUT2D eigenvalue weighted by Crippen LogP contribution is 2.29. The van der Waals surface area contributed by atoms with Crippen LogP contribution in [0.4, 0.5) is 5.82 Å². The van der Waals surface area contributed by atoms with Gasteiger partial charge >= 0.3 is 0 Å². The summed E-state index contributed by atoms with van der Waals surface area (Å²) in [5.74, 6) is 0.390. The van der Waals surface area contributed by atoms with E-state index in [1.807, 2.05) is 0 Å². The lowest BCUT2D eigenvalue weighted by atomic mass is 10.2. The maximum atomic E-state index is 12.9. The molecule has 0 radical (unpaired) electrons. The molecule has 0 saturated heterocycles. The summed E-state index contributed by atoms with van der Waals surface area (Å²) in [6.45, 7) is 2.88. The molecule has 0 bridgehead atoms. The number of pyridine rings is 1. The van der Waals surface area contributed by atoms with Crippen molar-refractivity contribution < 1.29 is 35.3 Å². The van der Waals surface area contributed by atoms with E-state index in [-0.39, 0.29) is 40.2 Å². The van der Waals surface area contributed by atoms with Gasteiger partial charge in [-0.1, -0.05) is 6.92 Å². The molecule has 0 fully saturated rings. The zero-order chi connectivity index (χ0) is 26.5. The summed E-state index contributed by atoms with van der Waals surface area (Å²) in [5.41, 5.74) is 0.169. The molecule has 2 heterocycles. The van der Waals surface area contributed by atoms with Crippen LogP contribution in [0.15, 0.2) is 53.8 Å². The minimum absolute atomic E-state index is 0.0791. The van der Waals surface area contributed by atoms with Gasteiger partial charge in [0, 0.05) is 30.9 Å². The Labute approximate surface area is 209 Å². The van der Waals surface area contributed by atoms with Crippen molar-refractivity contribution in [3.63, 3.8) is 0 Å². The Morgan fingerprint density at radius 3 is 2.39 bits per heavy atom. The Morgan fingerprint density at radius 2 is 1.81 bits per heavy atom. The number of carbonyl (C=O) groups is 1. The van der Waals surface area contributed by atoms with Gasteiger partial charge in [-0.3, -0.25) is 13.7 Å². The Bertz CT molecular complexity index is 1430. The van der Waals surface area contributed by atoms with Gasteiger partial charge < -0.3 is 14.8 Å². The molecule has 0 spiro atoms. The number of nitrogens with zero attached hydrogens (tertiary/aromatic N) is 3. The quantitative estimate of drug-likeness (QED) is 0.360. The van der Waals surface area contributed by atoms with Gasteiger partial charge in [0.25, 0.3) is 16.0 Å². The zero-order valence-corrected chi connectivity index (χ0v) is 21.7. The first kappa shape index (κ1) is 27.1. The topological polar surface area (TPSA) is 156 Å². The standard InChI is InChI=1S/C22H26N4O8S2/c1-5-36(30,31)21-7-6-17(13-23-21)34-19-11-16(22(27)24-20-8-9-26(3)25-20)10-18(12-19)33-15(2)14-32-35(4,28)29/h6-13,15H,5,14H2,1-4H3,(H,24,25,27)/t15-/m1/s1. The largest absolute Gasteiger partial charge is 0.488 e. The number of amides is 1. The van der Waals surface area contributed by atoms with E-state index in [0.717, 1.165) is 6.26 Å². The molecule has 14 heteroatoms. The van der Waals surface area contributed by atoms with Crippen molar-refractivity contribution in [2.24, 2.45) is 7.05 Å². The van der Waals surface area contributed by atoms with Gasteiger partial charge in [0.15, 0.2) is 20.7 Å². The maximum absolute atomic E-state index is 12.9. The van der Waals surface area contributed by atoms with Crippen LogP contribution in [0.3, 0.4) is 0 Å². The SMILES string of the molecule is CCS(=O)(=O)c1ccc(Oc2cc(O[C@H](C)COS(C)(=O)=O)cc(C(=O)Nc3ccn(C)n3)c2)cn1. The molecular formula is C22H26N4O8S2. The highest BCUT2D eigenvalue weighted by Gasteiger charge is 2.17. The Kier molecular flexibility index (Phi) is 8.32. The van der Waals surface area contributed by atoms with Crippen LogP contribution in [0.25, 0.3) is 0 Å². The second kappa shape index (κ2) is 11.1. The van der Waals surface area contributed by atoms with Crippen LogP contribution in [0.2, 0.25) is 0 Å². The van der Waals surface area contributed by atoms with Crippen molar-refractivity contribution in [3.05, 3.63) is 54.4 Å². The number of carbonyl (C=O) groups excluding carboxylic acids is 1. The van der Waals surface area contributed by atoms with Crippen molar-refractivity contribution in [1.82, 2.24) is 14.8 Å². The third-order valence-electron chi connectivity index (χ3n) is 4.60. The molecule has 0 aliphatic rings. The number of nitrogens with one attached hydrogen (secondary N) is 1. The first-order valence-corrected chi connectivity index (χ1v) is 14.2. The summed E-state index contributed by atoms with van der Waals surface area (Å²) in [4.78, 5) is 16.8. The summed E-state index contributed by atoms with van der Waals surface area (Å²) >= 11 is 0. The summed E-state index contributed by atoms with van der Waals surface area (Å²) in [6.07, 6.45) is 3.18. The van der Waals surface area contributed by atoms with E-state index >= 15 is 0 Å². The van der Waals surface area contributed by atoms with E-state index in [9.17, 15) is 21.6 Å². The smallest absolute Gasteiger partial charge is 0.264 e. The van der Waals surface area contributed by atoms with E-state index in [2.05, 4.69) is 15.4 Å². The van der Waals surface area contributed by atoms with E-state index in [0.29, 0.717) is 5.82 Å². The van der Waals surface area contributed by atoms with Gasteiger partial charge in [-0.2, -0.15) is 13.5 Å². The van der Waals surface area contributed by atoms with Gasteiger partial charge in [-0.05, 0) is 31.2 Å². The molecule has 0 aliphatic carbocycles. The van der Waals surface area contributed by atoms with E-state index < -0.39 is 32.0 Å². The fourth-order valence-electron chi connectivity index (χ4n) is 2.88. The molecule has 36 heavy (non-hydrogen) atoms. The summed E-state index contributed by atoms with van der Waals surface area (Å²) in [7, 11) is -5.42. The number of benzene rings is 1. The van der Waals surface area contributed by atoms with Gasteiger partial charge in [0.2, 0.25) is 0 Å². The number of aryl methyl sites for hydroxylation is 1. The van der Waals surface area contributed by atoms with Crippen LogP contribution in [0.5, 0.6) is 17.2 Å². The molecule has 0 aliphatic heterocycles. The molecule has 1 atom stereocenters. The second-order valence-corrected chi connectivity index (χ2v) is 11.6. The predicted octanol–water partition coefficient (Wildman–Crippen LogP) is 2.40. The molecule has 0 saturated carbocycles. The van der Waals surface area contributed by atoms with E-state index in [4.69, 9.17) is 13.7 Å². The predicted molar refractivity (Wildman–Crippen MR) is 131 cm³/mol. The molecule has 3 rings (SSSR count). The molecule has 1 N–H and O–H groups in total. The molecule has 194 valence electrons. The molecule has 1 amide bonds. The first-order valence-electron chi connectivity index (χ1n) is 10.7. The maximum Gasteiger partial charge on any atom is 0.264 e. The van der Waals surface area contributed by atoms with Crippen molar-refractivity contribution in [2.45, 2.75) is 25.0 Å². The first-order chi connectivity index (χ1) is 16.8. The average Bonchev–Trinajstić information content (AvgIpc) is 3.22. The molecule has 12 nitrogen and oxygen atoms in total. The van der Waals surface area contributed by atoms with Gasteiger partial charge in [0.1, 0.15) is 30.0 Å². The van der Waals surface area contributed by atoms with Gasteiger partial charge in [0.05, 0.1) is 18.2 Å². The lowest BCUT2D eigenvalue weighted by molar-refractivity contribution is 0.102. The van der Waals surface area contributed by atoms with Crippen molar-refractivity contribution >= 4 is 31.7 Å². The van der Waals surface area contributed by atoms with Crippen LogP contribution < -0.4 is 14.8 Å². The number of anilines is 1. The lowest BCUT2D eigenvalue weighted by Gasteiger charge is -2.16. The number of aromatic nitrogens is 3. The zero-order valence-electron chi connectivity index (χ0n) is 20.0. The van der Waals surface area contributed by atoms with E-state index in [1.165, 1.54) is 48.1 Å². The summed E-state index contributed by atoms with van der Waals surface area (Å²) < 4.78 is 64.3. The van der Waals surface area contributed by atoms with Crippen LogP contribution >= 0.6 is 0 Å². The van der Waals surface area contributed by atoms with Gasteiger partial charge in [-0.25, -0.2) is 13.4 Å². The fourth-order valence-corrected chi connectivity index (χ4v) is 4.10. The number of rotatable bonds is 11. The number of ether oxygens (including phenoxy) is 2.